The number of hydrogen-bond acceptors (Lipinski definition) is 8. The number of benzene rings is 1. The van der Waals surface area contributed by atoms with Gasteiger partial charge in [-0.05, 0) is 54.1 Å². The molecule has 1 aliphatic heterocycles. The molecule has 182 valence electrons. The predicted octanol–water partition coefficient (Wildman–Crippen LogP) is 4.40. The molecule has 1 aliphatic rings. The maximum atomic E-state index is 13.9. The Morgan fingerprint density at radius 2 is 2.14 bits per heavy atom. The quantitative estimate of drug-likeness (QED) is 0.353. The van der Waals surface area contributed by atoms with Crippen molar-refractivity contribution in [3.63, 3.8) is 0 Å². The highest BCUT2D eigenvalue weighted by Crippen LogP contribution is 2.34. The molecule has 11 heteroatoms. The van der Waals surface area contributed by atoms with Crippen LogP contribution in [0.2, 0.25) is 0 Å². The maximum absolute atomic E-state index is 13.9. The second-order valence-electron chi connectivity index (χ2n) is 8.25. The highest BCUT2D eigenvalue weighted by Gasteiger charge is 2.36. The van der Waals surface area contributed by atoms with Crippen LogP contribution in [0.1, 0.15) is 18.4 Å². The molecular formula is C24H24N4O4S3. The van der Waals surface area contributed by atoms with Crippen LogP contribution < -0.4 is 9.64 Å². The number of aromatic nitrogens is 2. The van der Waals surface area contributed by atoms with Crippen LogP contribution in [0.5, 0.6) is 5.75 Å². The summed E-state index contributed by atoms with van der Waals surface area (Å²) >= 11 is 2.61. The van der Waals surface area contributed by atoms with E-state index in [9.17, 15) is 13.2 Å². The number of rotatable bonds is 7. The fourth-order valence-corrected chi connectivity index (χ4v) is 7.84. The molecule has 0 radical (unpaired) electrons. The summed E-state index contributed by atoms with van der Waals surface area (Å²) in [5.41, 5.74) is 1.65. The van der Waals surface area contributed by atoms with Gasteiger partial charge < -0.3 is 4.74 Å². The molecule has 8 nitrogen and oxygen atoms in total. The molecule has 1 atom stereocenters. The summed E-state index contributed by atoms with van der Waals surface area (Å²) in [6.07, 6.45) is 4.66. The van der Waals surface area contributed by atoms with Crippen LogP contribution in [-0.4, -0.2) is 48.8 Å². The molecule has 1 amide bonds. The summed E-state index contributed by atoms with van der Waals surface area (Å²) in [5.74, 6) is 0.127. The standard InChI is InChI=1S/C24H24N4O4S3/c1-32-19-8-9-20-21(13-19)34-24(26-20)28(15-17-5-2-10-25-14-17)23(29)18-6-3-11-27(16-18)35(30,31)22-7-4-12-33-22/h2,4-5,7-10,12-14,18H,3,6,11,15-16H2,1H3. The van der Waals surface area contributed by atoms with Crippen molar-refractivity contribution in [2.45, 2.75) is 23.6 Å². The van der Waals surface area contributed by atoms with Crippen LogP contribution in [0.3, 0.4) is 0 Å². The fourth-order valence-electron chi connectivity index (χ4n) is 4.17. The number of piperidine rings is 1. The van der Waals surface area contributed by atoms with Crippen LogP contribution >= 0.6 is 22.7 Å². The Morgan fingerprint density at radius 1 is 1.26 bits per heavy atom. The Balaban J connectivity index is 1.46. The number of carbonyl (C=O) groups excluding carboxylic acids is 1. The number of sulfonamides is 1. The zero-order chi connectivity index (χ0) is 24.4. The summed E-state index contributed by atoms with van der Waals surface area (Å²) in [5, 5.41) is 2.32. The van der Waals surface area contributed by atoms with E-state index in [2.05, 4.69) is 4.98 Å². The van der Waals surface area contributed by atoms with Gasteiger partial charge >= 0.3 is 0 Å². The van der Waals surface area contributed by atoms with Crippen molar-refractivity contribution in [2.75, 3.05) is 25.1 Å². The number of thiazole rings is 1. The third kappa shape index (κ3) is 4.94. The van der Waals surface area contributed by atoms with Gasteiger partial charge in [-0.3, -0.25) is 14.7 Å². The van der Waals surface area contributed by atoms with Gasteiger partial charge in [-0.25, -0.2) is 13.4 Å². The zero-order valence-electron chi connectivity index (χ0n) is 19.0. The van der Waals surface area contributed by atoms with E-state index in [0.29, 0.717) is 35.3 Å². The molecule has 0 bridgehead atoms. The van der Waals surface area contributed by atoms with Crippen LogP contribution in [0, 0.1) is 5.92 Å². The first kappa shape index (κ1) is 23.9. The predicted molar refractivity (Wildman–Crippen MR) is 137 cm³/mol. The largest absolute Gasteiger partial charge is 0.497 e. The Labute approximate surface area is 211 Å². The molecule has 4 aromatic rings. The minimum absolute atomic E-state index is 0.133. The molecule has 0 saturated carbocycles. The lowest BCUT2D eigenvalue weighted by atomic mass is 9.98. The van der Waals surface area contributed by atoms with E-state index in [-0.39, 0.29) is 12.5 Å². The summed E-state index contributed by atoms with van der Waals surface area (Å²) in [7, 11) is -2.01. The Kier molecular flexibility index (Phi) is 6.83. The van der Waals surface area contributed by atoms with Gasteiger partial charge in [-0.15, -0.1) is 11.3 Å². The van der Waals surface area contributed by atoms with Gasteiger partial charge in [0, 0.05) is 25.5 Å². The van der Waals surface area contributed by atoms with E-state index in [4.69, 9.17) is 9.72 Å². The molecule has 35 heavy (non-hydrogen) atoms. The van der Waals surface area contributed by atoms with Crippen molar-refractivity contribution in [3.8, 4) is 5.75 Å². The van der Waals surface area contributed by atoms with Crippen LogP contribution in [0.4, 0.5) is 5.13 Å². The van der Waals surface area contributed by atoms with E-state index in [0.717, 1.165) is 21.5 Å². The third-order valence-corrected chi connectivity index (χ3v) is 10.2. The highest BCUT2D eigenvalue weighted by atomic mass is 32.2. The van der Waals surface area contributed by atoms with Gasteiger partial charge in [0.15, 0.2) is 5.13 Å². The Bertz CT molecular complexity index is 1420. The molecule has 1 saturated heterocycles. The monoisotopic (exact) mass is 528 g/mol. The SMILES string of the molecule is COc1ccc2nc(N(Cc3cccnc3)C(=O)C3CCCN(S(=O)(=O)c4cccs4)C3)sc2c1. The highest BCUT2D eigenvalue weighted by molar-refractivity contribution is 7.91. The van der Waals surface area contributed by atoms with Crippen LogP contribution in [0.15, 0.2) is 64.4 Å². The van der Waals surface area contributed by atoms with Gasteiger partial charge in [-0.2, -0.15) is 4.31 Å². The van der Waals surface area contributed by atoms with E-state index in [1.807, 2.05) is 30.3 Å². The smallest absolute Gasteiger partial charge is 0.252 e. The molecule has 0 N–H and O–H groups in total. The molecule has 4 heterocycles. The lowest BCUT2D eigenvalue weighted by Crippen LogP contribution is -2.46. The lowest BCUT2D eigenvalue weighted by Gasteiger charge is -2.33. The number of hydrogen-bond donors (Lipinski definition) is 0. The van der Waals surface area contributed by atoms with Crippen molar-refractivity contribution in [3.05, 3.63) is 65.8 Å². The number of anilines is 1. The van der Waals surface area contributed by atoms with E-state index in [1.54, 1.807) is 41.9 Å². The van der Waals surface area contributed by atoms with E-state index < -0.39 is 15.9 Å². The second kappa shape index (κ2) is 10.0. The number of amides is 1. The average molecular weight is 529 g/mol. The number of thiophene rings is 1. The average Bonchev–Trinajstić information content (AvgIpc) is 3.58. The number of pyridine rings is 1. The zero-order valence-corrected chi connectivity index (χ0v) is 21.5. The molecule has 3 aromatic heterocycles. The molecule has 1 aromatic carbocycles. The fraction of sp³-hybridized carbons (Fsp3) is 0.292. The minimum atomic E-state index is -3.62. The first-order valence-electron chi connectivity index (χ1n) is 11.1. The number of methoxy groups -OCH3 is 1. The number of carbonyl (C=O) groups is 1. The summed E-state index contributed by atoms with van der Waals surface area (Å²) in [6, 6.07) is 12.7. The second-order valence-corrected chi connectivity index (χ2v) is 12.4. The molecular weight excluding hydrogens is 504 g/mol. The number of ether oxygens (including phenoxy) is 1. The molecule has 1 unspecified atom stereocenters. The first-order valence-corrected chi connectivity index (χ1v) is 14.3. The number of fused-ring (bicyclic) bond motifs is 1. The van der Waals surface area contributed by atoms with Gasteiger partial charge in [-0.1, -0.05) is 23.5 Å². The summed E-state index contributed by atoms with van der Waals surface area (Å²) < 4.78 is 34.2. The lowest BCUT2D eigenvalue weighted by molar-refractivity contribution is -0.123. The molecule has 5 rings (SSSR count). The van der Waals surface area contributed by atoms with Gasteiger partial charge in [0.2, 0.25) is 5.91 Å². The van der Waals surface area contributed by atoms with Gasteiger partial charge in [0.1, 0.15) is 9.96 Å². The summed E-state index contributed by atoms with van der Waals surface area (Å²) in [6.45, 7) is 0.868. The topological polar surface area (TPSA) is 92.7 Å². The normalized spacial score (nSPS) is 16.9. The van der Waals surface area contributed by atoms with Crippen molar-refractivity contribution in [1.82, 2.24) is 14.3 Å². The van der Waals surface area contributed by atoms with Gasteiger partial charge in [0.05, 0.1) is 29.8 Å². The van der Waals surface area contributed by atoms with Crippen molar-refractivity contribution in [2.24, 2.45) is 5.92 Å². The van der Waals surface area contributed by atoms with Crippen molar-refractivity contribution < 1.29 is 17.9 Å². The Morgan fingerprint density at radius 3 is 2.89 bits per heavy atom. The number of nitrogens with zero attached hydrogens (tertiary/aromatic N) is 4. The minimum Gasteiger partial charge on any atom is -0.497 e. The summed E-state index contributed by atoms with van der Waals surface area (Å²) in [4.78, 5) is 24.5. The van der Waals surface area contributed by atoms with E-state index in [1.165, 1.54) is 27.0 Å². The first-order chi connectivity index (χ1) is 17.0. The van der Waals surface area contributed by atoms with Crippen molar-refractivity contribution in [1.29, 1.82) is 0 Å². The molecule has 1 fully saturated rings. The maximum Gasteiger partial charge on any atom is 0.252 e. The van der Waals surface area contributed by atoms with Crippen LogP contribution in [0.25, 0.3) is 10.2 Å². The van der Waals surface area contributed by atoms with Gasteiger partial charge in [0.25, 0.3) is 10.0 Å². The third-order valence-electron chi connectivity index (χ3n) is 5.97. The van der Waals surface area contributed by atoms with Crippen LogP contribution in [-0.2, 0) is 21.4 Å². The van der Waals surface area contributed by atoms with Crippen molar-refractivity contribution >= 4 is 54.0 Å². The molecule has 0 spiro atoms. The molecule has 0 aliphatic carbocycles. The Hall–Kier alpha value is -2.86. The van der Waals surface area contributed by atoms with E-state index >= 15 is 0 Å².